The first-order valence-corrected chi connectivity index (χ1v) is 7.71. The highest BCUT2D eigenvalue weighted by Crippen LogP contribution is 2.21. The highest BCUT2D eigenvalue weighted by molar-refractivity contribution is 9.10. The highest BCUT2D eigenvalue weighted by Gasteiger charge is 2.05. The first-order chi connectivity index (χ1) is 10.1. The fraction of sp³-hybridized carbons (Fsp3) is 0.235. The Labute approximate surface area is 133 Å². The number of para-hydroxylation sites is 1. The van der Waals surface area contributed by atoms with Crippen LogP contribution in [0, 0.1) is 13.8 Å². The molecule has 0 atom stereocenters. The summed E-state index contributed by atoms with van der Waals surface area (Å²) in [5.41, 5.74) is 4.37. The molecule has 2 aromatic rings. The van der Waals surface area contributed by atoms with Crippen molar-refractivity contribution in [2.75, 3.05) is 17.2 Å². The fourth-order valence-electron chi connectivity index (χ4n) is 1.95. The molecule has 0 spiro atoms. The number of amides is 1. The molecular weight excluding hydrogens is 328 g/mol. The number of anilines is 2. The van der Waals surface area contributed by atoms with Crippen molar-refractivity contribution in [2.24, 2.45) is 0 Å². The van der Waals surface area contributed by atoms with E-state index < -0.39 is 0 Å². The number of rotatable bonds is 5. The number of halogens is 1. The second-order valence-electron chi connectivity index (χ2n) is 5.00. The first-order valence-electron chi connectivity index (χ1n) is 6.92. The quantitative estimate of drug-likeness (QED) is 0.836. The third-order valence-corrected chi connectivity index (χ3v) is 4.03. The number of hydrogen-bond donors (Lipinski definition) is 2. The lowest BCUT2D eigenvalue weighted by atomic mass is 10.1. The SMILES string of the molecule is Cc1ccc(NCCC(=O)Nc2ccccc2Br)cc1C. The Kier molecular flexibility index (Phi) is 5.39. The van der Waals surface area contributed by atoms with Gasteiger partial charge in [0, 0.05) is 23.1 Å². The lowest BCUT2D eigenvalue weighted by Gasteiger charge is -2.10. The molecule has 0 aliphatic heterocycles. The van der Waals surface area contributed by atoms with E-state index >= 15 is 0 Å². The van der Waals surface area contributed by atoms with Gasteiger partial charge in [0.15, 0.2) is 0 Å². The van der Waals surface area contributed by atoms with E-state index in [1.54, 1.807) is 0 Å². The average molecular weight is 347 g/mol. The molecule has 0 saturated heterocycles. The van der Waals surface area contributed by atoms with Gasteiger partial charge in [-0.15, -0.1) is 0 Å². The van der Waals surface area contributed by atoms with Crippen LogP contribution >= 0.6 is 15.9 Å². The number of benzene rings is 2. The van der Waals surface area contributed by atoms with Crippen LogP contribution in [0.25, 0.3) is 0 Å². The molecule has 0 radical (unpaired) electrons. The Morgan fingerprint density at radius 2 is 1.86 bits per heavy atom. The standard InChI is InChI=1S/C17H19BrN2O/c1-12-7-8-14(11-13(12)2)19-10-9-17(21)20-16-6-4-3-5-15(16)18/h3-8,11,19H,9-10H2,1-2H3,(H,20,21). The minimum Gasteiger partial charge on any atom is -0.385 e. The van der Waals surface area contributed by atoms with E-state index in [1.165, 1.54) is 11.1 Å². The van der Waals surface area contributed by atoms with Gasteiger partial charge in [0.1, 0.15) is 0 Å². The minimum atomic E-state index is -0.00164. The zero-order chi connectivity index (χ0) is 15.2. The summed E-state index contributed by atoms with van der Waals surface area (Å²) >= 11 is 3.41. The largest absolute Gasteiger partial charge is 0.385 e. The summed E-state index contributed by atoms with van der Waals surface area (Å²) < 4.78 is 0.889. The molecule has 0 unspecified atom stereocenters. The summed E-state index contributed by atoms with van der Waals surface area (Å²) in [6, 6.07) is 13.8. The van der Waals surface area contributed by atoms with E-state index in [4.69, 9.17) is 0 Å². The van der Waals surface area contributed by atoms with Crippen LogP contribution in [0.2, 0.25) is 0 Å². The Morgan fingerprint density at radius 1 is 1.10 bits per heavy atom. The fourth-order valence-corrected chi connectivity index (χ4v) is 2.33. The summed E-state index contributed by atoms with van der Waals surface area (Å²) in [6.45, 7) is 4.78. The molecule has 0 bridgehead atoms. The van der Waals surface area contributed by atoms with Crippen molar-refractivity contribution < 1.29 is 4.79 Å². The maximum absolute atomic E-state index is 11.9. The molecule has 2 aromatic carbocycles. The Balaban J connectivity index is 1.82. The van der Waals surface area contributed by atoms with E-state index in [2.05, 4.69) is 52.5 Å². The van der Waals surface area contributed by atoms with Gasteiger partial charge in [-0.2, -0.15) is 0 Å². The van der Waals surface area contributed by atoms with Gasteiger partial charge in [0.05, 0.1) is 5.69 Å². The maximum atomic E-state index is 11.9. The number of aryl methyl sites for hydroxylation is 2. The molecule has 2 N–H and O–H groups in total. The third kappa shape index (κ3) is 4.60. The molecule has 1 amide bonds. The van der Waals surface area contributed by atoms with Crippen molar-refractivity contribution in [1.29, 1.82) is 0 Å². The van der Waals surface area contributed by atoms with E-state index in [-0.39, 0.29) is 5.91 Å². The van der Waals surface area contributed by atoms with Crippen molar-refractivity contribution in [3.05, 3.63) is 58.1 Å². The monoisotopic (exact) mass is 346 g/mol. The number of hydrogen-bond acceptors (Lipinski definition) is 2. The molecular formula is C17H19BrN2O. The van der Waals surface area contributed by atoms with Crippen LogP contribution in [0.1, 0.15) is 17.5 Å². The van der Waals surface area contributed by atoms with Crippen LogP contribution in [-0.2, 0) is 4.79 Å². The van der Waals surface area contributed by atoms with Crippen molar-refractivity contribution in [3.8, 4) is 0 Å². The summed E-state index contributed by atoms with van der Waals surface area (Å²) in [4.78, 5) is 11.9. The van der Waals surface area contributed by atoms with Crippen molar-refractivity contribution in [1.82, 2.24) is 0 Å². The molecule has 21 heavy (non-hydrogen) atoms. The van der Waals surface area contributed by atoms with Gasteiger partial charge in [-0.05, 0) is 65.2 Å². The van der Waals surface area contributed by atoms with Gasteiger partial charge in [0.2, 0.25) is 5.91 Å². The average Bonchev–Trinajstić information content (AvgIpc) is 2.45. The lowest BCUT2D eigenvalue weighted by Crippen LogP contribution is -2.16. The molecule has 0 heterocycles. The molecule has 0 fully saturated rings. The van der Waals surface area contributed by atoms with Crippen LogP contribution in [0.3, 0.4) is 0 Å². The van der Waals surface area contributed by atoms with Crippen molar-refractivity contribution in [3.63, 3.8) is 0 Å². The van der Waals surface area contributed by atoms with E-state index in [1.807, 2.05) is 30.3 Å². The van der Waals surface area contributed by atoms with Gasteiger partial charge in [-0.1, -0.05) is 18.2 Å². The van der Waals surface area contributed by atoms with Crippen molar-refractivity contribution >= 4 is 33.2 Å². The lowest BCUT2D eigenvalue weighted by molar-refractivity contribution is -0.115. The van der Waals surface area contributed by atoms with Gasteiger partial charge in [0.25, 0.3) is 0 Å². The Bertz CT molecular complexity index is 640. The number of carbonyl (C=O) groups excluding carboxylic acids is 1. The second-order valence-corrected chi connectivity index (χ2v) is 5.86. The highest BCUT2D eigenvalue weighted by atomic mass is 79.9. The first kappa shape index (κ1) is 15.6. The van der Waals surface area contributed by atoms with Crippen LogP contribution in [-0.4, -0.2) is 12.5 Å². The number of carbonyl (C=O) groups is 1. The molecule has 3 nitrogen and oxygen atoms in total. The molecule has 0 aromatic heterocycles. The van der Waals surface area contributed by atoms with Crippen LogP contribution in [0.4, 0.5) is 11.4 Å². The zero-order valence-corrected chi connectivity index (χ0v) is 13.8. The topological polar surface area (TPSA) is 41.1 Å². The Morgan fingerprint density at radius 3 is 2.57 bits per heavy atom. The van der Waals surface area contributed by atoms with Crippen LogP contribution in [0.5, 0.6) is 0 Å². The summed E-state index contributed by atoms with van der Waals surface area (Å²) in [7, 11) is 0. The summed E-state index contributed by atoms with van der Waals surface area (Å²) in [6.07, 6.45) is 0.425. The van der Waals surface area contributed by atoms with Gasteiger partial charge < -0.3 is 10.6 Å². The van der Waals surface area contributed by atoms with E-state index in [0.717, 1.165) is 15.8 Å². The molecule has 0 aliphatic carbocycles. The number of nitrogens with one attached hydrogen (secondary N) is 2. The molecule has 2 rings (SSSR count). The van der Waals surface area contributed by atoms with Crippen molar-refractivity contribution in [2.45, 2.75) is 20.3 Å². The summed E-state index contributed by atoms with van der Waals surface area (Å²) in [5.74, 6) is -0.00164. The zero-order valence-electron chi connectivity index (χ0n) is 12.2. The van der Waals surface area contributed by atoms with Gasteiger partial charge in [-0.3, -0.25) is 4.79 Å². The minimum absolute atomic E-state index is 0.00164. The van der Waals surface area contributed by atoms with E-state index in [0.29, 0.717) is 13.0 Å². The predicted molar refractivity (Wildman–Crippen MR) is 91.8 cm³/mol. The predicted octanol–water partition coefficient (Wildman–Crippen LogP) is 4.51. The molecule has 0 saturated carbocycles. The second kappa shape index (κ2) is 7.27. The molecule has 110 valence electrons. The third-order valence-electron chi connectivity index (χ3n) is 3.34. The van der Waals surface area contributed by atoms with Crippen LogP contribution < -0.4 is 10.6 Å². The van der Waals surface area contributed by atoms with E-state index in [9.17, 15) is 4.79 Å². The van der Waals surface area contributed by atoms with Crippen LogP contribution in [0.15, 0.2) is 46.9 Å². The smallest absolute Gasteiger partial charge is 0.226 e. The molecule has 0 aliphatic rings. The molecule has 4 heteroatoms. The normalized spacial score (nSPS) is 10.2. The van der Waals surface area contributed by atoms with Gasteiger partial charge >= 0.3 is 0 Å². The Hall–Kier alpha value is -1.81. The van der Waals surface area contributed by atoms with Gasteiger partial charge in [-0.25, -0.2) is 0 Å². The maximum Gasteiger partial charge on any atom is 0.226 e. The summed E-state index contributed by atoms with van der Waals surface area (Å²) in [5, 5.41) is 6.16.